The minimum atomic E-state index is -0.466. The molecule has 5 heteroatoms. The number of halogens is 1. The van der Waals surface area contributed by atoms with E-state index in [1.165, 1.54) is 12.1 Å². The smallest absolute Gasteiger partial charge is 0.243 e. The Bertz CT molecular complexity index is 662. The predicted octanol–water partition coefficient (Wildman–Crippen LogP) is 2.94. The van der Waals surface area contributed by atoms with Crippen molar-refractivity contribution in [2.45, 2.75) is 6.42 Å². The number of benzene rings is 2. The first-order valence-electron chi connectivity index (χ1n) is 6.43. The number of nitriles is 1. The number of para-hydroxylation sites is 1. The van der Waals surface area contributed by atoms with Crippen LogP contribution in [-0.4, -0.2) is 12.5 Å². The van der Waals surface area contributed by atoms with Gasteiger partial charge in [-0.3, -0.25) is 4.79 Å². The normalized spacial score (nSPS) is 9.71. The van der Waals surface area contributed by atoms with Gasteiger partial charge in [-0.25, -0.2) is 4.39 Å². The molecule has 0 saturated heterocycles. The van der Waals surface area contributed by atoms with E-state index in [9.17, 15) is 9.18 Å². The highest BCUT2D eigenvalue weighted by atomic mass is 19.1. The number of rotatable bonds is 5. The number of hydrogen-bond donors (Lipinski definition) is 2. The van der Waals surface area contributed by atoms with Gasteiger partial charge in [-0.05, 0) is 29.8 Å². The monoisotopic (exact) mass is 283 g/mol. The maximum absolute atomic E-state index is 13.4. The Balaban J connectivity index is 1.87. The second-order valence-electron chi connectivity index (χ2n) is 4.41. The van der Waals surface area contributed by atoms with Crippen LogP contribution in [-0.2, 0) is 11.2 Å². The van der Waals surface area contributed by atoms with Crippen LogP contribution in [0.5, 0.6) is 0 Å². The van der Waals surface area contributed by atoms with Gasteiger partial charge in [-0.15, -0.1) is 0 Å². The van der Waals surface area contributed by atoms with Gasteiger partial charge in [0, 0.05) is 5.69 Å². The van der Waals surface area contributed by atoms with Crippen molar-refractivity contribution in [3.05, 3.63) is 59.9 Å². The third-order valence-corrected chi connectivity index (χ3v) is 2.84. The molecule has 0 aliphatic rings. The van der Waals surface area contributed by atoms with E-state index in [2.05, 4.69) is 16.7 Å². The molecule has 0 saturated carbocycles. The molecule has 0 bridgehead atoms. The molecule has 0 aliphatic carbocycles. The molecule has 106 valence electrons. The van der Waals surface area contributed by atoms with Gasteiger partial charge in [-0.2, -0.15) is 5.26 Å². The van der Waals surface area contributed by atoms with E-state index in [0.29, 0.717) is 6.42 Å². The molecule has 4 nitrogen and oxygen atoms in total. The Morgan fingerprint density at radius 3 is 2.52 bits per heavy atom. The third-order valence-electron chi connectivity index (χ3n) is 2.84. The van der Waals surface area contributed by atoms with Gasteiger partial charge in [0.1, 0.15) is 5.82 Å². The SMILES string of the molecule is N#CCc1ccc(NCC(=O)Nc2ccccc2F)cc1. The number of nitrogens with zero attached hydrogens (tertiary/aromatic N) is 1. The van der Waals surface area contributed by atoms with Crippen LogP contribution in [0.15, 0.2) is 48.5 Å². The summed E-state index contributed by atoms with van der Waals surface area (Å²) in [6, 6.07) is 15.3. The quantitative estimate of drug-likeness (QED) is 0.886. The number of nitrogens with one attached hydrogen (secondary N) is 2. The average Bonchev–Trinajstić information content (AvgIpc) is 2.49. The highest BCUT2D eigenvalue weighted by Gasteiger charge is 2.05. The summed E-state index contributed by atoms with van der Waals surface area (Å²) < 4.78 is 13.4. The van der Waals surface area contributed by atoms with Crippen molar-refractivity contribution in [3.63, 3.8) is 0 Å². The summed E-state index contributed by atoms with van der Waals surface area (Å²) in [6.45, 7) is 0.0337. The minimum Gasteiger partial charge on any atom is -0.376 e. The highest BCUT2D eigenvalue weighted by molar-refractivity contribution is 5.93. The van der Waals surface area contributed by atoms with Crippen LogP contribution in [0.25, 0.3) is 0 Å². The van der Waals surface area contributed by atoms with Crippen molar-refractivity contribution >= 4 is 17.3 Å². The highest BCUT2D eigenvalue weighted by Crippen LogP contribution is 2.13. The van der Waals surface area contributed by atoms with Crippen LogP contribution >= 0.6 is 0 Å². The van der Waals surface area contributed by atoms with Gasteiger partial charge >= 0.3 is 0 Å². The second-order valence-corrected chi connectivity index (χ2v) is 4.41. The van der Waals surface area contributed by atoms with E-state index in [4.69, 9.17) is 5.26 Å². The van der Waals surface area contributed by atoms with Crippen LogP contribution in [0.1, 0.15) is 5.56 Å². The molecular weight excluding hydrogens is 269 g/mol. The Morgan fingerprint density at radius 2 is 1.86 bits per heavy atom. The summed E-state index contributed by atoms with van der Waals surface area (Å²) in [7, 11) is 0. The Hall–Kier alpha value is -2.87. The van der Waals surface area contributed by atoms with E-state index in [0.717, 1.165) is 11.3 Å². The first-order chi connectivity index (χ1) is 10.2. The molecule has 2 aromatic carbocycles. The summed E-state index contributed by atoms with van der Waals surface area (Å²) in [5, 5.41) is 14.0. The maximum Gasteiger partial charge on any atom is 0.243 e. The lowest BCUT2D eigenvalue weighted by atomic mass is 10.1. The molecule has 0 atom stereocenters. The molecular formula is C16H14FN3O. The number of carbonyl (C=O) groups excluding carboxylic acids is 1. The molecule has 0 spiro atoms. The number of amides is 1. The first kappa shape index (κ1) is 14.5. The maximum atomic E-state index is 13.4. The molecule has 0 aliphatic heterocycles. The number of carbonyl (C=O) groups is 1. The Labute approximate surface area is 122 Å². The van der Waals surface area contributed by atoms with E-state index in [1.807, 2.05) is 12.1 Å². The van der Waals surface area contributed by atoms with Crippen molar-refractivity contribution in [2.75, 3.05) is 17.2 Å². The van der Waals surface area contributed by atoms with Gasteiger partial charge in [0.15, 0.2) is 0 Å². The van der Waals surface area contributed by atoms with Gasteiger partial charge in [-0.1, -0.05) is 24.3 Å². The van der Waals surface area contributed by atoms with Gasteiger partial charge in [0.2, 0.25) is 5.91 Å². The lowest BCUT2D eigenvalue weighted by Gasteiger charge is -2.08. The fraction of sp³-hybridized carbons (Fsp3) is 0.125. The van der Waals surface area contributed by atoms with Crippen molar-refractivity contribution in [1.29, 1.82) is 5.26 Å². The predicted molar refractivity (Wildman–Crippen MR) is 79.3 cm³/mol. The molecule has 2 N–H and O–H groups in total. The fourth-order valence-electron chi connectivity index (χ4n) is 1.77. The van der Waals surface area contributed by atoms with Gasteiger partial charge in [0.05, 0.1) is 24.7 Å². The summed E-state index contributed by atoms with van der Waals surface area (Å²) in [5.41, 5.74) is 1.84. The molecule has 1 amide bonds. The minimum absolute atomic E-state index is 0.0337. The van der Waals surface area contributed by atoms with Crippen molar-refractivity contribution in [1.82, 2.24) is 0 Å². The van der Waals surface area contributed by atoms with Gasteiger partial charge in [0.25, 0.3) is 0 Å². The van der Waals surface area contributed by atoms with Crippen LogP contribution < -0.4 is 10.6 Å². The first-order valence-corrected chi connectivity index (χ1v) is 6.43. The standard InChI is InChI=1S/C16H14FN3O/c17-14-3-1-2-4-15(14)20-16(21)11-19-13-7-5-12(6-8-13)9-10-18/h1-8,19H,9,11H2,(H,20,21). The van der Waals surface area contributed by atoms with Crippen LogP contribution in [0.2, 0.25) is 0 Å². The van der Waals surface area contributed by atoms with Crippen LogP contribution in [0.4, 0.5) is 15.8 Å². The molecule has 2 aromatic rings. The number of anilines is 2. The Kier molecular flexibility index (Phi) is 4.89. The zero-order valence-corrected chi connectivity index (χ0v) is 11.3. The zero-order chi connectivity index (χ0) is 15.1. The molecule has 0 aromatic heterocycles. The Morgan fingerprint density at radius 1 is 1.14 bits per heavy atom. The van der Waals surface area contributed by atoms with Crippen LogP contribution in [0.3, 0.4) is 0 Å². The summed E-state index contributed by atoms with van der Waals surface area (Å²) in [6.07, 6.45) is 0.355. The molecule has 0 heterocycles. The number of hydrogen-bond acceptors (Lipinski definition) is 3. The average molecular weight is 283 g/mol. The topological polar surface area (TPSA) is 64.9 Å². The zero-order valence-electron chi connectivity index (χ0n) is 11.3. The lowest BCUT2D eigenvalue weighted by molar-refractivity contribution is -0.114. The van der Waals surface area contributed by atoms with E-state index >= 15 is 0 Å². The fourth-order valence-corrected chi connectivity index (χ4v) is 1.77. The van der Waals surface area contributed by atoms with E-state index in [1.54, 1.807) is 24.3 Å². The molecule has 0 radical (unpaired) electrons. The molecule has 2 rings (SSSR count). The van der Waals surface area contributed by atoms with Crippen molar-refractivity contribution in [2.24, 2.45) is 0 Å². The third kappa shape index (κ3) is 4.32. The summed E-state index contributed by atoms with van der Waals surface area (Å²) >= 11 is 0. The van der Waals surface area contributed by atoms with E-state index in [-0.39, 0.29) is 18.1 Å². The van der Waals surface area contributed by atoms with Gasteiger partial charge < -0.3 is 10.6 Å². The van der Waals surface area contributed by atoms with E-state index < -0.39 is 5.82 Å². The largest absolute Gasteiger partial charge is 0.376 e. The summed E-state index contributed by atoms with van der Waals surface area (Å²) in [4.78, 5) is 11.7. The second kappa shape index (κ2) is 7.06. The molecule has 0 fully saturated rings. The summed E-state index contributed by atoms with van der Waals surface area (Å²) in [5.74, 6) is -0.798. The molecule has 0 unspecified atom stereocenters. The van der Waals surface area contributed by atoms with Crippen molar-refractivity contribution < 1.29 is 9.18 Å². The molecule has 21 heavy (non-hydrogen) atoms. The van der Waals surface area contributed by atoms with Crippen molar-refractivity contribution in [3.8, 4) is 6.07 Å². The van der Waals surface area contributed by atoms with Crippen LogP contribution in [0, 0.1) is 17.1 Å². The lowest BCUT2D eigenvalue weighted by Crippen LogP contribution is -2.22.